The highest BCUT2D eigenvalue weighted by Crippen LogP contribution is 2.42. The summed E-state index contributed by atoms with van der Waals surface area (Å²) in [6, 6.07) is 37.2. The molecule has 4 rings (SSSR count). The molecule has 0 aliphatic rings. The maximum Gasteiger partial charge on any atom is 0.126 e. The Balaban J connectivity index is 1.91. The Labute approximate surface area is 205 Å². The minimum atomic E-state index is 0.234. The van der Waals surface area contributed by atoms with Crippen molar-refractivity contribution >= 4 is 0 Å². The van der Waals surface area contributed by atoms with Gasteiger partial charge in [0.1, 0.15) is 5.75 Å². The second-order valence-corrected chi connectivity index (χ2v) is 9.27. The molecule has 0 aromatic heterocycles. The van der Waals surface area contributed by atoms with E-state index >= 15 is 0 Å². The predicted octanol–water partition coefficient (Wildman–Crippen LogP) is 8.93. The Hall–Kier alpha value is -3.32. The summed E-state index contributed by atoms with van der Waals surface area (Å²) in [6.07, 6.45) is 0.987. The van der Waals surface area contributed by atoms with Gasteiger partial charge in [0.05, 0.1) is 6.61 Å². The molecule has 0 spiro atoms. The zero-order valence-corrected chi connectivity index (χ0v) is 20.9. The molecule has 0 heterocycles. The standard InChI is InChI=1S/C33H36O/c1-5-21-34-33-31(25(3)28-17-11-7-12-18-28)22-30(24(2)27-15-9-6-10-16-27)23-32(33)26(4)29-19-13-8-14-20-29/h6-20,22-26H,5,21H2,1-4H3. The molecular formula is C33H36O. The van der Waals surface area contributed by atoms with Crippen LogP contribution in [-0.4, -0.2) is 6.61 Å². The molecule has 3 unspecified atom stereocenters. The molecule has 0 bridgehead atoms. The molecule has 174 valence electrons. The van der Waals surface area contributed by atoms with E-state index in [2.05, 4.69) is 131 Å². The number of hydrogen-bond acceptors (Lipinski definition) is 1. The van der Waals surface area contributed by atoms with Crippen LogP contribution in [0.5, 0.6) is 5.75 Å². The van der Waals surface area contributed by atoms with Gasteiger partial charge in [-0.25, -0.2) is 0 Å². The molecule has 0 N–H and O–H groups in total. The molecule has 0 saturated carbocycles. The van der Waals surface area contributed by atoms with Crippen molar-refractivity contribution in [2.75, 3.05) is 6.61 Å². The van der Waals surface area contributed by atoms with E-state index < -0.39 is 0 Å². The molecule has 0 amide bonds. The minimum Gasteiger partial charge on any atom is -0.493 e. The van der Waals surface area contributed by atoms with E-state index in [1.165, 1.54) is 33.4 Å². The van der Waals surface area contributed by atoms with Gasteiger partial charge in [0.2, 0.25) is 0 Å². The molecule has 1 nitrogen and oxygen atoms in total. The molecule has 4 aromatic rings. The summed E-state index contributed by atoms with van der Waals surface area (Å²) in [5.74, 6) is 1.82. The van der Waals surface area contributed by atoms with Crippen LogP contribution in [0.4, 0.5) is 0 Å². The zero-order valence-electron chi connectivity index (χ0n) is 20.9. The second kappa shape index (κ2) is 11.2. The molecular weight excluding hydrogens is 412 g/mol. The van der Waals surface area contributed by atoms with Crippen LogP contribution in [0.2, 0.25) is 0 Å². The Morgan fingerprint density at radius 2 is 0.912 bits per heavy atom. The summed E-state index contributed by atoms with van der Waals surface area (Å²) < 4.78 is 6.54. The van der Waals surface area contributed by atoms with Crippen molar-refractivity contribution in [2.45, 2.75) is 51.9 Å². The monoisotopic (exact) mass is 448 g/mol. The SMILES string of the molecule is CCCOc1c(C(C)c2ccccc2)cc(C(C)c2ccccc2)cc1C(C)c1ccccc1. The highest BCUT2D eigenvalue weighted by molar-refractivity contribution is 5.54. The quantitative estimate of drug-likeness (QED) is 0.248. The molecule has 0 aliphatic carbocycles. The topological polar surface area (TPSA) is 9.23 Å². The van der Waals surface area contributed by atoms with Crippen LogP contribution in [0.15, 0.2) is 103 Å². The highest BCUT2D eigenvalue weighted by atomic mass is 16.5. The Kier molecular flexibility index (Phi) is 7.85. The van der Waals surface area contributed by atoms with Crippen LogP contribution in [-0.2, 0) is 0 Å². The van der Waals surface area contributed by atoms with Crippen molar-refractivity contribution in [1.29, 1.82) is 0 Å². The Morgan fingerprint density at radius 1 is 0.529 bits per heavy atom. The van der Waals surface area contributed by atoms with Gasteiger partial charge in [-0.3, -0.25) is 0 Å². The van der Waals surface area contributed by atoms with E-state index in [-0.39, 0.29) is 11.8 Å². The van der Waals surface area contributed by atoms with Gasteiger partial charge in [0.15, 0.2) is 0 Å². The first-order chi connectivity index (χ1) is 16.6. The molecule has 0 radical (unpaired) electrons. The van der Waals surface area contributed by atoms with Gasteiger partial charge in [-0.2, -0.15) is 0 Å². The van der Waals surface area contributed by atoms with Gasteiger partial charge in [-0.05, 0) is 28.7 Å². The van der Waals surface area contributed by atoms with Gasteiger partial charge < -0.3 is 4.74 Å². The maximum absolute atomic E-state index is 6.54. The first-order valence-electron chi connectivity index (χ1n) is 12.6. The van der Waals surface area contributed by atoms with Gasteiger partial charge in [0, 0.05) is 28.9 Å². The first-order valence-corrected chi connectivity index (χ1v) is 12.6. The smallest absolute Gasteiger partial charge is 0.126 e. The van der Waals surface area contributed by atoms with Crippen molar-refractivity contribution in [3.05, 3.63) is 137 Å². The summed E-state index contributed by atoms with van der Waals surface area (Å²) >= 11 is 0. The van der Waals surface area contributed by atoms with Crippen LogP contribution in [0.1, 0.15) is 85.3 Å². The third-order valence-electron chi connectivity index (χ3n) is 6.95. The number of benzene rings is 4. The minimum absolute atomic E-state index is 0.234. The normalized spacial score (nSPS) is 13.8. The van der Waals surface area contributed by atoms with Crippen molar-refractivity contribution in [3.63, 3.8) is 0 Å². The van der Waals surface area contributed by atoms with Crippen LogP contribution in [0.3, 0.4) is 0 Å². The lowest BCUT2D eigenvalue weighted by Gasteiger charge is -2.26. The van der Waals surface area contributed by atoms with Crippen LogP contribution < -0.4 is 4.74 Å². The Morgan fingerprint density at radius 3 is 1.29 bits per heavy atom. The molecule has 0 saturated heterocycles. The summed E-state index contributed by atoms with van der Waals surface area (Å²) in [6.45, 7) is 9.81. The van der Waals surface area contributed by atoms with Crippen LogP contribution >= 0.6 is 0 Å². The molecule has 0 aliphatic heterocycles. The van der Waals surface area contributed by atoms with Gasteiger partial charge in [-0.1, -0.05) is 131 Å². The number of rotatable bonds is 9. The number of hydrogen-bond donors (Lipinski definition) is 0. The van der Waals surface area contributed by atoms with Gasteiger partial charge in [-0.15, -0.1) is 0 Å². The van der Waals surface area contributed by atoms with Crippen molar-refractivity contribution in [3.8, 4) is 5.75 Å². The third kappa shape index (κ3) is 5.25. The predicted molar refractivity (Wildman–Crippen MR) is 144 cm³/mol. The van der Waals surface area contributed by atoms with E-state index in [4.69, 9.17) is 4.74 Å². The fraction of sp³-hybridized carbons (Fsp3) is 0.273. The first kappa shape index (κ1) is 23.8. The lowest BCUT2D eigenvalue weighted by Crippen LogP contribution is -2.11. The second-order valence-electron chi connectivity index (χ2n) is 9.27. The zero-order chi connectivity index (χ0) is 23.9. The highest BCUT2D eigenvalue weighted by Gasteiger charge is 2.24. The largest absolute Gasteiger partial charge is 0.493 e. The van der Waals surface area contributed by atoms with Gasteiger partial charge in [0.25, 0.3) is 0 Å². The molecule has 34 heavy (non-hydrogen) atoms. The molecule has 3 atom stereocenters. The maximum atomic E-state index is 6.54. The summed E-state index contributed by atoms with van der Waals surface area (Å²) in [4.78, 5) is 0. The van der Waals surface area contributed by atoms with E-state index in [0.717, 1.165) is 18.8 Å². The lowest BCUT2D eigenvalue weighted by atomic mass is 9.81. The summed E-state index contributed by atoms with van der Waals surface area (Å²) in [7, 11) is 0. The van der Waals surface area contributed by atoms with Crippen molar-refractivity contribution < 1.29 is 4.74 Å². The summed E-state index contributed by atoms with van der Waals surface area (Å²) in [5, 5.41) is 0. The average molecular weight is 449 g/mol. The molecule has 4 aromatic carbocycles. The summed E-state index contributed by atoms with van der Waals surface area (Å²) in [5.41, 5.74) is 7.85. The van der Waals surface area contributed by atoms with Crippen LogP contribution in [0, 0.1) is 0 Å². The van der Waals surface area contributed by atoms with E-state index in [9.17, 15) is 0 Å². The van der Waals surface area contributed by atoms with E-state index in [1.54, 1.807) is 0 Å². The number of ether oxygens (including phenoxy) is 1. The van der Waals surface area contributed by atoms with Crippen molar-refractivity contribution in [2.24, 2.45) is 0 Å². The van der Waals surface area contributed by atoms with Crippen molar-refractivity contribution in [1.82, 2.24) is 0 Å². The molecule has 1 heteroatoms. The van der Waals surface area contributed by atoms with E-state index in [1.807, 2.05) is 0 Å². The third-order valence-corrected chi connectivity index (χ3v) is 6.95. The fourth-order valence-electron chi connectivity index (χ4n) is 4.74. The average Bonchev–Trinajstić information content (AvgIpc) is 2.91. The van der Waals surface area contributed by atoms with E-state index in [0.29, 0.717) is 5.92 Å². The van der Waals surface area contributed by atoms with Crippen LogP contribution in [0.25, 0.3) is 0 Å². The van der Waals surface area contributed by atoms with Gasteiger partial charge >= 0.3 is 0 Å². The molecule has 0 fully saturated rings. The lowest BCUT2D eigenvalue weighted by molar-refractivity contribution is 0.309. The fourth-order valence-corrected chi connectivity index (χ4v) is 4.74. The Bertz CT molecular complexity index is 1100.